The van der Waals surface area contributed by atoms with Crippen LogP contribution >= 0.6 is 0 Å². The molecule has 4 unspecified atom stereocenters. The van der Waals surface area contributed by atoms with Crippen LogP contribution in [0.15, 0.2) is 0 Å². The van der Waals surface area contributed by atoms with E-state index in [1.807, 2.05) is 0 Å². The predicted molar refractivity (Wildman–Crippen MR) is 75.4 cm³/mol. The van der Waals surface area contributed by atoms with Crippen molar-refractivity contribution in [1.82, 2.24) is 5.32 Å². The lowest BCUT2D eigenvalue weighted by atomic mass is 10.0. The molecule has 2 saturated heterocycles. The molecular formula is C15H29NO3. The third-order valence-electron chi connectivity index (χ3n) is 3.82. The normalized spacial score (nSPS) is 33.8. The van der Waals surface area contributed by atoms with Crippen LogP contribution in [0.4, 0.5) is 0 Å². The molecule has 4 heteroatoms. The van der Waals surface area contributed by atoms with E-state index in [1.165, 1.54) is 0 Å². The molecule has 4 atom stereocenters. The molecule has 2 aliphatic heterocycles. The van der Waals surface area contributed by atoms with Crippen molar-refractivity contribution in [2.45, 2.75) is 77.0 Å². The van der Waals surface area contributed by atoms with Gasteiger partial charge in [0.05, 0.1) is 30.5 Å². The summed E-state index contributed by atoms with van der Waals surface area (Å²) in [5, 5.41) is 3.33. The Labute approximate surface area is 117 Å². The number of hydrogen-bond acceptors (Lipinski definition) is 4. The molecule has 2 fully saturated rings. The van der Waals surface area contributed by atoms with Gasteiger partial charge in [-0.25, -0.2) is 0 Å². The van der Waals surface area contributed by atoms with Gasteiger partial charge in [0, 0.05) is 13.2 Å². The zero-order valence-corrected chi connectivity index (χ0v) is 12.6. The van der Waals surface area contributed by atoms with Crippen LogP contribution in [0, 0.1) is 0 Å². The molecule has 0 spiro atoms. The molecule has 0 aromatic carbocycles. The highest BCUT2D eigenvalue weighted by Crippen LogP contribution is 2.23. The summed E-state index contributed by atoms with van der Waals surface area (Å²) in [5.41, 5.74) is 0. The van der Waals surface area contributed by atoms with Crippen LogP contribution in [-0.4, -0.2) is 50.2 Å². The summed E-state index contributed by atoms with van der Waals surface area (Å²) in [6.45, 7) is 9.26. The average molecular weight is 271 g/mol. The van der Waals surface area contributed by atoms with Crippen molar-refractivity contribution in [3.05, 3.63) is 0 Å². The van der Waals surface area contributed by atoms with Crippen LogP contribution < -0.4 is 5.32 Å². The Morgan fingerprint density at radius 3 is 2.68 bits per heavy atom. The standard InChI is InChI=1S/C15H29NO3/c1-11(2)18-13-5-7-17-15(9-13)8-12(3)19-14-4-6-16-10-14/h11-16H,4-10H2,1-3H3. The van der Waals surface area contributed by atoms with E-state index in [2.05, 4.69) is 26.1 Å². The van der Waals surface area contributed by atoms with Crippen LogP contribution in [0.25, 0.3) is 0 Å². The van der Waals surface area contributed by atoms with E-state index in [4.69, 9.17) is 14.2 Å². The van der Waals surface area contributed by atoms with Gasteiger partial charge >= 0.3 is 0 Å². The van der Waals surface area contributed by atoms with Gasteiger partial charge in [-0.2, -0.15) is 0 Å². The van der Waals surface area contributed by atoms with Crippen molar-refractivity contribution in [3.63, 3.8) is 0 Å². The molecule has 19 heavy (non-hydrogen) atoms. The Morgan fingerprint density at radius 2 is 2.00 bits per heavy atom. The van der Waals surface area contributed by atoms with E-state index in [1.54, 1.807) is 0 Å². The van der Waals surface area contributed by atoms with Gasteiger partial charge in [-0.1, -0.05) is 0 Å². The molecule has 2 rings (SSSR count). The maximum atomic E-state index is 6.05. The minimum Gasteiger partial charge on any atom is -0.378 e. The molecule has 0 aliphatic carbocycles. The molecule has 0 aromatic rings. The molecule has 4 nitrogen and oxygen atoms in total. The van der Waals surface area contributed by atoms with E-state index < -0.39 is 0 Å². The summed E-state index contributed by atoms with van der Waals surface area (Å²) in [5.74, 6) is 0. The van der Waals surface area contributed by atoms with Gasteiger partial charge in [-0.15, -0.1) is 0 Å². The van der Waals surface area contributed by atoms with E-state index >= 15 is 0 Å². The Morgan fingerprint density at radius 1 is 1.16 bits per heavy atom. The van der Waals surface area contributed by atoms with E-state index in [0.29, 0.717) is 24.4 Å². The molecule has 0 bridgehead atoms. The highest BCUT2D eigenvalue weighted by Gasteiger charge is 2.26. The molecule has 0 aromatic heterocycles. The average Bonchev–Trinajstić information content (AvgIpc) is 2.81. The molecule has 0 radical (unpaired) electrons. The molecule has 2 aliphatic rings. The molecule has 1 N–H and O–H groups in total. The lowest BCUT2D eigenvalue weighted by molar-refractivity contribution is -0.107. The summed E-state index contributed by atoms with van der Waals surface area (Å²) in [6.07, 6.45) is 5.77. The SMILES string of the molecule is CC(C)OC1CCOC(CC(C)OC2CCNC2)C1. The van der Waals surface area contributed by atoms with Crippen molar-refractivity contribution in [2.24, 2.45) is 0 Å². The first kappa shape index (κ1) is 15.2. The lowest BCUT2D eigenvalue weighted by Gasteiger charge is -2.32. The minimum absolute atomic E-state index is 0.271. The van der Waals surface area contributed by atoms with Crippen LogP contribution in [-0.2, 0) is 14.2 Å². The highest BCUT2D eigenvalue weighted by molar-refractivity contribution is 4.77. The van der Waals surface area contributed by atoms with E-state index in [-0.39, 0.29) is 6.10 Å². The lowest BCUT2D eigenvalue weighted by Crippen LogP contribution is -2.35. The first-order valence-corrected chi connectivity index (χ1v) is 7.76. The van der Waals surface area contributed by atoms with Crippen LogP contribution in [0.2, 0.25) is 0 Å². The summed E-state index contributed by atoms with van der Waals surface area (Å²) in [4.78, 5) is 0. The van der Waals surface area contributed by atoms with Crippen LogP contribution in [0.5, 0.6) is 0 Å². The smallest absolute Gasteiger partial charge is 0.0715 e. The first-order chi connectivity index (χ1) is 9.13. The van der Waals surface area contributed by atoms with Crippen molar-refractivity contribution in [3.8, 4) is 0 Å². The predicted octanol–water partition coefficient (Wildman–Crippen LogP) is 2.12. The van der Waals surface area contributed by atoms with Gasteiger partial charge in [0.1, 0.15) is 0 Å². The monoisotopic (exact) mass is 271 g/mol. The number of nitrogens with one attached hydrogen (secondary N) is 1. The van der Waals surface area contributed by atoms with Crippen molar-refractivity contribution < 1.29 is 14.2 Å². The molecular weight excluding hydrogens is 242 g/mol. The zero-order valence-electron chi connectivity index (χ0n) is 12.6. The van der Waals surface area contributed by atoms with Gasteiger partial charge < -0.3 is 19.5 Å². The molecule has 0 amide bonds. The second kappa shape index (κ2) is 7.58. The maximum absolute atomic E-state index is 6.05. The number of ether oxygens (including phenoxy) is 3. The Bertz CT molecular complexity index is 254. The largest absolute Gasteiger partial charge is 0.378 e. The second-order valence-electron chi connectivity index (χ2n) is 6.12. The fourth-order valence-electron chi connectivity index (χ4n) is 3.02. The van der Waals surface area contributed by atoms with Crippen LogP contribution in [0.3, 0.4) is 0 Å². The summed E-state index contributed by atoms with van der Waals surface area (Å²) >= 11 is 0. The van der Waals surface area contributed by atoms with Crippen molar-refractivity contribution >= 4 is 0 Å². The van der Waals surface area contributed by atoms with Gasteiger partial charge in [0.25, 0.3) is 0 Å². The van der Waals surface area contributed by atoms with Gasteiger partial charge in [-0.05, 0) is 53.0 Å². The van der Waals surface area contributed by atoms with Gasteiger partial charge in [0.15, 0.2) is 0 Å². The molecule has 2 heterocycles. The quantitative estimate of drug-likeness (QED) is 0.803. The third-order valence-corrected chi connectivity index (χ3v) is 3.82. The first-order valence-electron chi connectivity index (χ1n) is 7.76. The second-order valence-corrected chi connectivity index (χ2v) is 6.12. The Balaban J connectivity index is 1.68. The van der Waals surface area contributed by atoms with E-state index in [0.717, 1.165) is 45.4 Å². The van der Waals surface area contributed by atoms with Gasteiger partial charge in [-0.3, -0.25) is 0 Å². The zero-order chi connectivity index (χ0) is 13.7. The number of hydrogen-bond donors (Lipinski definition) is 1. The van der Waals surface area contributed by atoms with Crippen molar-refractivity contribution in [1.29, 1.82) is 0 Å². The fourth-order valence-corrected chi connectivity index (χ4v) is 3.02. The van der Waals surface area contributed by atoms with Gasteiger partial charge in [0.2, 0.25) is 0 Å². The fraction of sp³-hybridized carbons (Fsp3) is 1.00. The van der Waals surface area contributed by atoms with Crippen molar-refractivity contribution in [2.75, 3.05) is 19.7 Å². The summed E-state index contributed by atoms with van der Waals surface area (Å²) < 4.78 is 17.8. The van der Waals surface area contributed by atoms with Crippen LogP contribution in [0.1, 0.15) is 46.5 Å². The maximum Gasteiger partial charge on any atom is 0.0715 e. The molecule has 0 saturated carbocycles. The Hall–Kier alpha value is -0.160. The summed E-state index contributed by atoms with van der Waals surface area (Å²) in [6, 6.07) is 0. The topological polar surface area (TPSA) is 39.7 Å². The third kappa shape index (κ3) is 5.38. The Kier molecular flexibility index (Phi) is 6.07. The molecule has 112 valence electrons. The highest BCUT2D eigenvalue weighted by atomic mass is 16.5. The minimum atomic E-state index is 0.271. The number of rotatable bonds is 6. The summed E-state index contributed by atoms with van der Waals surface area (Å²) in [7, 11) is 0. The van der Waals surface area contributed by atoms with E-state index in [9.17, 15) is 0 Å².